The first kappa shape index (κ1) is 14.0. The van der Waals surface area contributed by atoms with Crippen LogP contribution in [0.3, 0.4) is 0 Å². The Labute approximate surface area is 112 Å². The third-order valence-electron chi connectivity index (χ3n) is 3.90. The lowest BCUT2D eigenvalue weighted by molar-refractivity contribution is -0.132. The molecule has 3 N–H and O–H groups in total. The molecule has 0 spiro atoms. The van der Waals surface area contributed by atoms with Gasteiger partial charge in [0.15, 0.2) is 0 Å². The third kappa shape index (κ3) is 3.53. The van der Waals surface area contributed by atoms with Crippen molar-refractivity contribution < 1.29 is 19.1 Å². The van der Waals surface area contributed by atoms with Crippen LogP contribution in [0.2, 0.25) is 0 Å². The third-order valence-corrected chi connectivity index (χ3v) is 3.90. The molecule has 2 amide bonds. The molecule has 0 aromatic heterocycles. The number of nitrogens with two attached hydrogens (primary N) is 1. The fraction of sp³-hybridized carbons (Fsp3) is 0.769. The van der Waals surface area contributed by atoms with Crippen molar-refractivity contribution in [1.82, 2.24) is 5.32 Å². The minimum absolute atomic E-state index is 0.140. The van der Waals surface area contributed by atoms with Gasteiger partial charge in [0.2, 0.25) is 11.8 Å². The molecule has 1 heterocycles. The zero-order valence-electron chi connectivity index (χ0n) is 10.9. The minimum Gasteiger partial charge on any atom is -0.381 e. The quantitative estimate of drug-likeness (QED) is 0.734. The molecule has 0 radical (unpaired) electrons. The van der Waals surface area contributed by atoms with Gasteiger partial charge in [-0.2, -0.15) is 0 Å². The number of primary amides is 1. The maximum absolute atomic E-state index is 12.0. The molecule has 0 unspecified atom stereocenters. The van der Waals surface area contributed by atoms with Crippen LogP contribution in [0.5, 0.6) is 0 Å². The molecule has 2 rings (SSSR count). The maximum atomic E-state index is 12.0. The minimum atomic E-state index is -0.739. The molecule has 1 saturated heterocycles. The highest BCUT2D eigenvalue weighted by Gasteiger charge is 2.34. The Hall–Kier alpha value is -1.43. The molecule has 6 heteroatoms. The Kier molecular flexibility index (Phi) is 4.52. The monoisotopic (exact) mass is 268 g/mol. The summed E-state index contributed by atoms with van der Waals surface area (Å²) in [5.74, 6) is -0.988. The topological polar surface area (TPSA) is 98.5 Å². The lowest BCUT2D eigenvalue weighted by atomic mass is 9.82. The molecule has 0 bridgehead atoms. The molecule has 1 aliphatic heterocycles. The molecular formula is C13H20N2O4. The predicted octanol–water partition coefficient (Wildman–Crippen LogP) is -0.248. The fourth-order valence-electron chi connectivity index (χ4n) is 2.78. The van der Waals surface area contributed by atoms with Crippen LogP contribution < -0.4 is 11.1 Å². The molecule has 6 nitrogen and oxygen atoms in total. The van der Waals surface area contributed by atoms with E-state index in [4.69, 9.17) is 10.5 Å². The van der Waals surface area contributed by atoms with Crippen molar-refractivity contribution >= 4 is 17.6 Å². The molecule has 2 aliphatic rings. The summed E-state index contributed by atoms with van der Waals surface area (Å²) in [6.07, 6.45) is 3.07. The summed E-state index contributed by atoms with van der Waals surface area (Å²) in [5, 5.41) is 2.70. The molecule has 0 aromatic carbocycles. The van der Waals surface area contributed by atoms with E-state index in [0.717, 1.165) is 12.8 Å². The van der Waals surface area contributed by atoms with E-state index in [-0.39, 0.29) is 23.5 Å². The number of carbonyl (C=O) groups excluding carboxylic acids is 3. The van der Waals surface area contributed by atoms with Crippen LogP contribution >= 0.6 is 0 Å². The number of hydrogen-bond donors (Lipinski definition) is 2. The van der Waals surface area contributed by atoms with Crippen molar-refractivity contribution in [2.75, 3.05) is 13.2 Å². The Morgan fingerprint density at radius 3 is 2.74 bits per heavy atom. The number of hydrogen-bond acceptors (Lipinski definition) is 4. The van der Waals surface area contributed by atoms with Crippen molar-refractivity contribution in [2.24, 2.45) is 17.6 Å². The smallest absolute Gasteiger partial charge is 0.240 e. The summed E-state index contributed by atoms with van der Waals surface area (Å²) in [4.78, 5) is 35.0. The molecule has 19 heavy (non-hydrogen) atoms. The Balaban J connectivity index is 1.97. The lowest BCUT2D eigenvalue weighted by Gasteiger charge is -2.28. The second-order valence-corrected chi connectivity index (χ2v) is 5.34. The van der Waals surface area contributed by atoms with Crippen molar-refractivity contribution in [2.45, 2.75) is 38.1 Å². The highest BCUT2D eigenvalue weighted by molar-refractivity contribution is 5.89. The van der Waals surface area contributed by atoms with Crippen LogP contribution in [0.4, 0.5) is 0 Å². The van der Waals surface area contributed by atoms with Gasteiger partial charge in [0.25, 0.3) is 0 Å². The number of amides is 2. The molecule has 2 fully saturated rings. The SMILES string of the molecule is NC(=O)[C@H](NC(=O)[C@H]1CCOC1)[C@H]1CCCC(=O)C1. The average molecular weight is 268 g/mol. The van der Waals surface area contributed by atoms with Gasteiger partial charge in [-0.05, 0) is 25.2 Å². The molecule has 1 saturated carbocycles. The number of ether oxygens (including phenoxy) is 1. The normalized spacial score (nSPS) is 28.9. The maximum Gasteiger partial charge on any atom is 0.240 e. The van der Waals surface area contributed by atoms with Gasteiger partial charge >= 0.3 is 0 Å². The first-order chi connectivity index (χ1) is 9.08. The number of nitrogens with one attached hydrogen (secondary N) is 1. The number of carbonyl (C=O) groups is 3. The van der Waals surface area contributed by atoms with Gasteiger partial charge in [-0.25, -0.2) is 0 Å². The molecular weight excluding hydrogens is 248 g/mol. The largest absolute Gasteiger partial charge is 0.381 e. The summed E-state index contributed by atoms with van der Waals surface area (Å²) in [7, 11) is 0. The first-order valence-corrected chi connectivity index (χ1v) is 6.77. The van der Waals surface area contributed by atoms with Crippen LogP contribution in [0.15, 0.2) is 0 Å². The number of ketones is 1. The van der Waals surface area contributed by atoms with E-state index in [1.54, 1.807) is 0 Å². The van der Waals surface area contributed by atoms with Crippen LogP contribution in [-0.2, 0) is 19.1 Å². The lowest BCUT2D eigenvalue weighted by Crippen LogP contribution is -2.51. The molecule has 3 atom stereocenters. The van der Waals surface area contributed by atoms with Crippen LogP contribution in [0.1, 0.15) is 32.1 Å². The van der Waals surface area contributed by atoms with E-state index in [2.05, 4.69) is 5.32 Å². The number of rotatable bonds is 4. The Morgan fingerprint density at radius 1 is 1.37 bits per heavy atom. The predicted molar refractivity (Wildman–Crippen MR) is 67.0 cm³/mol. The zero-order chi connectivity index (χ0) is 13.8. The van der Waals surface area contributed by atoms with Gasteiger partial charge in [-0.3, -0.25) is 14.4 Å². The van der Waals surface area contributed by atoms with E-state index in [1.807, 2.05) is 0 Å². The number of Topliss-reactive ketones (excluding diaryl/α,β-unsaturated/α-hetero) is 1. The van der Waals surface area contributed by atoms with Crippen LogP contribution in [0.25, 0.3) is 0 Å². The van der Waals surface area contributed by atoms with Gasteiger partial charge in [-0.1, -0.05) is 0 Å². The van der Waals surface area contributed by atoms with Gasteiger partial charge in [-0.15, -0.1) is 0 Å². The highest BCUT2D eigenvalue weighted by Crippen LogP contribution is 2.25. The van der Waals surface area contributed by atoms with E-state index in [9.17, 15) is 14.4 Å². The van der Waals surface area contributed by atoms with Crippen molar-refractivity contribution in [1.29, 1.82) is 0 Å². The van der Waals surface area contributed by atoms with Gasteiger partial charge in [0, 0.05) is 19.4 Å². The van der Waals surface area contributed by atoms with Crippen molar-refractivity contribution in [3.05, 3.63) is 0 Å². The Bertz CT molecular complexity index is 377. The molecule has 0 aromatic rings. The molecule has 106 valence electrons. The second kappa shape index (κ2) is 6.14. The van der Waals surface area contributed by atoms with Crippen LogP contribution in [-0.4, -0.2) is 36.9 Å². The van der Waals surface area contributed by atoms with Crippen molar-refractivity contribution in [3.8, 4) is 0 Å². The Morgan fingerprint density at radius 2 is 2.16 bits per heavy atom. The van der Waals surface area contributed by atoms with E-state index in [1.165, 1.54) is 0 Å². The summed E-state index contributed by atoms with van der Waals surface area (Å²) in [6.45, 7) is 0.960. The van der Waals surface area contributed by atoms with Crippen molar-refractivity contribution in [3.63, 3.8) is 0 Å². The highest BCUT2D eigenvalue weighted by atomic mass is 16.5. The summed E-state index contributed by atoms with van der Waals surface area (Å²) in [6, 6.07) is -0.739. The standard InChI is InChI=1S/C13H20N2O4/c14-12(17)11(8-2-1-3-10(16)6-8)15-13(18)9-4-5-19-7-9/h8-9,11H,1-7H2,(H2,14,17)(H,15,18)/t8-,9-,11+/m0/s1. The average Bonchev–Trinajstić information content (AvgIpc) is 2.89. The molecule has 1 aliphatic carbocycles. The van der Waals surface area contributed by atoms with Gasteiger partial charge < -0.3 is 15.8 Å². The summed E-state index contributed by atoms with van der Waals surface area (Å²) < 4.78 is 5.15. The van der Waals surface area contributed by atoms with Gasteiger partial charge in [0.1, 0.15) is 11.8 Å². The van der Waals surface area contributed by atoms with E-state index in [0.29, 0.717) is 32.5 Å². The van der Waals surface area contributed by atoms with E-state index >= 15 is 0 Å². The zero-order valence-corrected chi connectivity index (χ0v) is 10.9. The van der Waals surface area contributed by atoms with E-state index < -0.39 is 11.9 Å². The summed E-state index contributed by atoms with van der Waals surface area (Å²) in [5.41, 5.74) is 5.36. The fourth-order valence-corrected chi connectivity index (χ4v) is 2.78. The first-order valence-electron chi connectivity index (χ1n) is 6.77. The second-order valence-electron chi connectivity index (χ2n) is 5.34. The van der Waals surface area contributed by atoms with Gasteiger partial charge in [0.05, 0.1) is 12.5 Å². The van der Waals surface area contributed by atoms with Crippen LogP contribution in [0, 0.1) is 11.8 Å². The summed E-state index contributed by atoms with van der Waals surface area (Å²) >= 11 is 0.